The third-order valence-corrected chi connectivity index (χ3v) is 4.27. The fraction of sp³-hybridized carbons (Fsp3) is 0.286. The summed E-state index contributed by atoms with van der Waals surface area (Å²) >= 11 is 1.71. The SMILES string of the molecule is O=C(Nc1cccnc1)N1CCC[C@@H]1c1cccs1. The monoisotopic (exact) mass is 273 g/mol. The highest BCUT2D eigenvalue weighted by Crippen LogP contribution is 2.34. The molecule has 2 aromatic rings. The van der Waals surface area contributed by atoms with Crippen molar-refractivity contribution < 1.29 is 4.79 Å². The highest BCUT2D eigenvalue weighted by atomic mass is 32.1. The number of aromatic nitrogens is 1. The quantitative estimate of drug-likeness (QED) is 0.910. The van der Waals surface area contributed by atoms with Crippen LogP contribution in [0.4, 0.5) is 10.5 Å². The second-order valence-corrected chi connectivity index (χ2v) is 5.52. The zero-order valence-corrected chi connectivity index (χ0v) is 11.3. The maximum Gasteiger partial charge on any atom is 0.322 e. The van der Waals surface area contributed by atoms with Gasteiger partial charge in [-0.15, -0.1) is 11.3 Å². The standard InChI is InChI=1S/C14H15N3OS/c18-14(16-11-4-1-7-15-10-11)17-8-2-5-12(17)13-6-3-9-19-13/h1,3-4,6-7,9-10,12H,2,5,8H2,(H,16,18)/t12-/m1/s1. The van der Waals surface area contributed by atoms with E-state index in [0.717, 1.165) is 25.1 Å². The summed E-state index contributed by atoms with van der Waals surface area (Å²) in [5.41, 5.74) is 0.740. The molecule has 1 atom stereocenters. The number of rotatable bonds is 2. The van der Waals surface area contributed by atoms with Gasteiger partial charge in [0.1, 0.15) is 0 Å². The Balaban J connectivity index is 1.72. The Kier molecular flexibility index (Phi) is 3.46. The van der Waals surface area contributed by atoms with Crippen molar-refractivity contribution in [3.05, 3.63) is 46.9 Å². The zero-order valence-electron chi connectivity index (χ0n) is 10.5. The van der Waals surface area contributed by atoms with Crippen LogP contribution in [0.3, 0.4) is 0 Å². The zero-order chi connectivity index (χ0) is 13.1. The number of carbonyl (C=O) groups excluding carboxylic acids is 1. The number of anilines is 1. The minimum atomic E-state index is -0.0381. The number of hydrogen-bond acceptors (Lipinski definition) is 3. The van der Waals surface area contributed by atoms with Crippen LogP contribution in [0.1, 0.15) is 23.8 Å². The molecule has 3 heterocycles. The molecule has 98 valence electrons. The van der Waals surface area contributed by atoms with Gasteiger partial charge < -0.3 is 10.2 Å². The molecule has 1 N–H and O–H groups in total. The molecule has 1 saturated heterocycles. The maximum atomic E-state index is 12.3. The van der Waals surface area contributed by atoms with Crippen LogP contribution < -0.4 is 5.32 Å². The van der Waals surface area contributed by atoms with Gasteiger partial charge in [-0.05, 0) is 36.4 Å². The lowest BCUT2D eigenvalue weighted by Gasteiger charge is -2.24. The van der Waals surface area contributed by atoms with E-state index in [4.69, 9.17) is 0 Å². The Hall–Kier alpha value is -1.88. The van der Waals surface area contributed by atoms with Crippen molar-refractivity contribution in [2.45, 2.75) is 18.9 Å². The summed E-state index contributed by atoms with van der Waals surface area (Å²) in [7, 11) is 0. The molecule has 1 aliphatic rings. The van der Waals surface area contributed by atoms with Crippen LogP contribution in [0.25, 0.3) is 0 Å². The Bertz CT molecular complexity index is 541. The summed E-state index contributed by atoms with van der Waals surface area (Å²) < 4.78 is 0. The molecule has 19 heavy (non-hydrogen) atoms. The molecule has 2 amide bonds. The Labute approximate surface area is 116 Å². The van der Waals surface area contributed by atoms with Crippen molar-refractivity contribution in [2.24, 2.45) is 0 Å². The van der Waals surface area contributed by atoms with Gasteiger partial charge in [-0.1, -0.05) is 6.07 Å². The maximum absolute atomic E-state index is 12.3. The molecule has 0 bridgehead atoms. The number of nitrogens with one attached hydrogen (secondary N) is 1. The van der Waals surface area contributed by atoms with E-state index in [1.54, 1.807) is 23.7 Å². The first-order valence-corrected chi connectivity index (χ1v) is 7.23. The molecule has 5 heteroatoms. The van der Waals surface area contributed by atoms with Crippen LogP contribution in [0.2, 0.25) is 0 Å². The highest BCUT2D eigenvalue weighted by Gasteiger charge is 2.30. The largest absolute Gasteiger partial charge is 0.322 e. The van der Waals surface area contributed by atoms with Gasteiger partial charge in [0.05, 0.1) is 17.9 Å². The summed E-state index contributed by atoms with van der Waals surface area (Å²) in [5, 5.41) is 4.97. The summed E-state index contributed by atoms with van der Waals surface area (Å²) in [5.74, 6) is 0. The van der Waals surface area contributed by atoms with Gasteiger partial charge in [0.15, 0.2) is 0 Å². The molecular weight excluding hydrogens is 258 g/mol. The summed E-state index contributed by atoms with van der Waals surface area (Å²) in [6.45, 7) is 0.814. The van der Waals surface area contributed by atoms with Crippen molar-refractivity contribution in [2.75, 3.05) is 11.9 Å². The number of urea groups is 1. The van der Waals surface area contributed by atoms with E-state index in [2.05, 4.69) is 21.7 Å². The van der Waals surface area contributed by atoms with E-state index in [0.29, 0.717) is 0 Å². The first-order valence-electron chi connectivity index (χ1n) is 6.35. The molecule has 0 saturated carbocycles. The predicted molar refractivity (Wildman–Crippen MR) is 76.3 cm³/mol. The molecule has 0 unspecified atom stereocenters. The summed E-state index contributed by atoms with van der Waals surface area (Å²) in [4.78, 5) is 19.5. The van der Waals surface area contributed by atoms with E-state index in [1.165, 1.54) is 4.88 Å². The van der Waals surface area contributed by atoms with Gasteiger partial charge in [-0.2, -0.15) is 0 Å². The van der Waals surface area contributed by atoms with Gasteiger partial charge in [0, 0.05) is 17.6 Å². The van der Waals surface area contributed by atoms with E-state index in [1.807, 2.05) is 23.1 Å². The van der Waals surface area contributed by atoms with Crippen molar-refractivity contribution in [3.8, 4) is 0 Å². The summed E-state index contributed by atoms with van der Waals surface area (Å²) in [6, 6.07) is 7.98. The molecule has 1 fully saturated rings. The average Bonchev–Trinajstić information content (AvgIpc) is 3.10. The lowest BCUT2D eigenvalue weighted by atomic mass is 10.2. The van der Waals surface area contributed by atoms with Crippen LogP contribution in [-0.4, -0.2) is 22.5 Å². The van der Waals surface area contributed by atoms with Crippen LogP contribution in [0, 0.1) is 0 Å². The fourth-order valence-electron chi connectivity index (χ4n) is 2.42. The summed E-state index contributed by atoms with van der Waals surface area (Å²) in [6.07, 6.45) is 5.46. The number of likely N-dealkylation sites (tertiary alicyclic amines) is 1. The minimum absolute atomic E-state index is 0.0381. The third-order valence-electron chi connectivity index (χ3n) is 3.30. The molecule has 1 aliphatic heterocycles. The second-order valence-electron chi connectivity index (χ2n) is 4.54. The van der Waals surface area contributed by atoms with E-state index < -0.39 is 0 Å². The van der Waals surface area contributed by atoms with Crippen molar-refractivity contribution >= 4 is 23.1 Å². The molecule has 0 spiro atoms. The normalized spacial score (nSPS) is 18.5. The average molecular weight is 273 g/mol. The fourth-order valence-corrected chi connectivity index (χ4v) is 3.29. The smallest absolute Gasteiger partial charge is 0.317 e. The van der Waals surface area contributed by atoms with E-state index in [9.17, 15) is 4.79 Å². The van der Waals surface area contributed by atoms with Crippen LogP contribution in [0.5, 0.6) is 0 Å². The number of hydrogen-bond donors (Lipinski definition) is 1. The molecule has 3 rings (SSSR count). The van der Waals surface area contributed by atoms with Crippen LogP contribution in [0.15, 0.2) is 42.0 Å². The van der Waals surface area contributed by atoms with Crippen LogP contribution in [-0.2, 0) is 0 Å². The number of amides is 2. The van der Waals surface area contributed by atoms with Gasteiger partial charge in [-0.3, -0.25) is 4.98 Å². The Morgan fingerprint density at radius 3 is 3.11 bits per heavy atom. The van der Waals surface area contributed by atoms with Gasteiger partial charge in [-0.25, -0.2) is 4.79 Å². The second kappa shape index (κ2) is 5.40. The van der Waals surface area contributed by atoms with Crippen molar-refractivity contribution in [3.63, 3.8) is 0 Å². The molecular formula is C14H15N3OS. The Morgan fingerprint density at radius 2 is 2.37 bits per heavy atom. The molecule has 0 aromatic carbocycles. The van der Waals surface area contributed by atoms with Gasteiger partial charge >= 0.3 is 6.03 Å². The van der Waals surface area contributed by atoms with E-state index >= 15 is 0 Å². The highest BCUT2D eigenvalue weighted by molar-refractivity contribution is 7.10. The lowest BCUT2D eigenvalue weighted by Crippen LogP contribution is -2.34. The predicted octanol–water partition coefficient (Wildman–Crippen LogP) is 3.51. The lowest BCUT2D eigenvalue weighted by molar-refractivity contribution is 0.208. The number of carbonyl (C=O) groups is 1. The Morgan fingerprint density at radius 1 is 1.42 bits per heavy atom. The topological polar surface area (TPSA) is 45.2 Å². The van der Waals surface area contributed by atoms with Crippen molar-refractivity contribution in [1.82, 2.24) is 9.88 Å². The first-order chi connectivity index (χ1) is 9.34. The minimum Gasteiger partial charge on any atom is -0.317 e. The first kappa shape index (κ1) is 12.2. The van der Waals surface area contributed by atoms with E-state index in [-0.39, 0.29) is 12.1 Å². The molecule has 0 radical (unpaired) electrons. The van der Waals surface area contributed by atoms with Gasteiger partial charge in [0.2, 0.25) is 0 Å². The van der Waals surface area contributed by atoms with Crippen LogP contribution >= 0.6 is 11.3 Å². The third kappa shape index (κ3) is 2.61. The number of pyridine rings is 1. The van der Waals surface area contributed by atoms with Gasteiger partial charge in [0.25, 0.3) is 0 Å². The molecule has 4 nitrogen and oxygen atoms in total. The van der Waals surface area contributed by atoms with Crippen molar-refractivity contribution in [1.29, 1.82) is 0 Å². The number of thiophene rings is 1. The number of nitrogens with zero attached hydrogens (tertiary/aromatic N) is 2. The molecule has 0 aliphatic carbocycles. The molecule has 2 aromatic heterocycles.